The van der Waals surface area contributed by atoms with Crippen molar-refractivity contribution in [3.8, 4) is 0 Å². The van der Waals surface area contributed by atoms with Gasteiger partial charge in [0, 0.05) is 19.6 Å². The Kier molecular flexibility index (Phi) is 3.13. The van der Waals surface area contributed by atoms with E-state index in [-0.39, 0.29) is 0 Å². The van der Waals surface area contributed by atoms with E-state index in [0.717, 1.165) is 5.92 Å². The number of piperazine rings is 1. The topological polar surface area (TPSA) is 3.24 Å². The van der Waals surface area contributed by atoms with Gasteiger partial charge in [-0.1, -0.05) is 13.8 Å². The summed E-state index contributed by atoms with van der Waals surface area (Å²) >= 11 is 0. The molecule has 2 heteroatoms. The molecule has 0 aromatic carbocycles. The zero-order valence-corrected chi connectivity index (χ0v) is 9.01. The number of hydrogen-bond acceptors (Lipinski definition) is 1. The van der Waals surface area contributed by atoms with Gasteiger partial charge in [0.05, 0.1) is 27.2 Å². The van der Waals surface area contributed by atoms with Crippen molar-refractivity contribution in [2.75, 3.05) is 46.8 Å². The van der Waals surface area contributed by atoms with Crippen LogP contribution in [0.25, 0.3) is 0 Å². The van der Waals surface area contributed by atoms with Crippen molar-refractivity contribution in [1.29, 1.82) is 0 Å². The molecular formula is C10H23N2+. The summed E-state index contributed by atoms with van der Waals surface area (Å²) in [5.41, 5.74) is 0. The minimum atomic E-state index is 0.818. The second-order valence-electron chi connectivity index (χ2n) is 5.08. The van der Waals surface area contributed by atoms with Crippen molar-refractivity contribution >= 4 is 0 Å². The van der Waals surface area contributed by atoms with Crippen LogP contribution in [0.4, 0.5) is 0 Å². The van der Waals surface area contributed by atoms with E-state index in [9.17, 15) is 0 Å². The lowest BCUT2D eigenvalue weighted by Crippen LogP contribution is -2.55. The summed E-state index contributed by atoms with van der Waals surface area (Å²) in [4.78, 5) is 2.59. The highest BCUT2D eigenvalue weighted by molar-refractivity contribution is 4.63. The van der Waals surface area contributed by atoms with Crippen molar-refractivity contribution in [3.05, 3.63) is 0 Å². The second kappa shape index (κ2) is 3.75. The van der Waals surface area contributed by atoms with Crippen molar-refractivity contribution in [3.63, 3.8) is 0 Å². The van der Waals surface area contributed by atoms with Gasteiger partial charge in [-0.3, -0.25) is 4.90 Å². The van der Waals surface area contributed by atoms with E-state index in [1.807, 2.05) is 0 Å². The van der Waals surface area contributed by atoms with Gasteiger partial charge in [-0.2, -0.15) is 0 Å². The molecule has 72 valence electrons. The molecule has 0 aliphatic carbocycles. The fourth-order valence-electron chi connectivity index (χ4n) is 1.75. The van der Waals surface area contributed by atoms with E-state index in [1.54, 1.807) is 0 Å². The molecule has 0 aromatic heterocycles. The van der Waals surface area contributed by atoms with Gasteiger partial charge < -0.3 is 4.48 Å². The van der Waals surface area contributed by atoms with Crippen LogP contribution >= 0.6 is 0 Å². The van der Waals surface area contributed by atoms with Crippen LogP contribution in [-0.4, -0.2) is 56.2 Å². The molecule has 0 spiro atoms. The van der Waals surface area contributed by atoms with Gasteiger partial charge in [-0.05, 0) is 5.92 Å². The Bertz CT molecular complexity index is 131. The van der Waals surface area contributed by atoms with Crippen molar-refractivity contribution in [1.82, 2.24) is 4.90 Å². The summed E-state index contributed by atoms with van der Waals surface area (Å²) in [5.74, 6) is 0.818. The summed E-state index contributed by atoms with van der Waals surface area (Å²) in [6, 6.07) is 0. The zero-order valence-electron chi connectivity index (χ0n) is 9.01. The fraction of sp³-hybridized carbons (Fsp3) is 1.00. The Morgan fingerprint density at radius 2 is 1.67 bits per heavy atom. The molecule has 0 saturated carbocycles. The maximum atomic E-state index is 2.59. The van der Waals surface area contributed by atoms with Crippen LogP contribution in [0.2, 0.25) is 0 Å². The van der Waals surface area contributed by atoms with Crippen molar-refractivity contribution < 1.29 is 4.48 Å². The molecule has 2 nitrogen and oxygen atoms in total. The Morgan fingerprint density at radius 1 is 1.17 bits per heavy atom. The summed E-state index contributed by atoms with van der Waals surface area (Å²) in [7, 11) is 4.65. The summed E-state index contributed by atoms with van der Waals surface area (Å²) < 4.78 is 1.20. The molecular weight excluding hydrogens is 148 g/mol. The van der Waals surface area contributed by atoms with E-state index < -0.39 is 0 Å². The van der Waals surface area contributed by atoms with Crippen LogP contribution in [0.15, 0.2) is 0 Å². The van der Waals surface area contributed by atoms with Crippen molar-refractivity contribution in [2.45, 2.75) is 13.8 Å². The molecule has 0 bridgehead atoms. The molecule has 0 radical (unpaired) electrons. The average molecular weight is 171 g/mol. The maximum Gasteiger partial charge on any atom is 0.0912 e. The summed E-state index contributed by atoms with van der Waals surface area (Å²) in [6.07, 6.45) is 0. The normalized spacial score (nSPS) is 24.8. The van der Waals surface area contributed by atoms with Crippen LogP contribution in [0, 0.1) is 5.92 Å². The van der Waals surface area contributed by atoms with Crippen LogP contribution in [-0.2, 0) is 0 Å². The van der Waals surface area contributed by atoms with Gasteiger partial charge in [-0.25, -0.2) is 0 Å². The molecule has 1 fully saturated rings. The number of quaternary nitrogens is 1. The van der Waals surface area contributed by atoms with Crippen LogP contribution < -0.4 is 0 Å². The Hall–Kier alpha value is -0.0800. The Morgan fingerprint density at radius 3 is 2.08 bits per heavy atom. The van der Waals surface area contributed by atoms with Gasteiger partial charge in [0.25, 0.3) is 0 Å². The van der Waals surface area contributed by atoms with Gasteiger partial charge in [0.1, 0.15) is 0 Å². The monoisotopic (exact) mass is 171 g/mol. The first-order valence-electron chi connectivity index (χ1n) is 5.04. The first kappa shape index (κ1) is 10.0. The van der Waals surface area contributed by atoms with Crippen molar-refractivity contribution in [2.24, 2.45) is 5.92 Å². The molecule has 0 N–H and O–H groups in total. The van der Waals surface area contributed by atoms with E-state index in [4.69, 9.17) is 0 Å². The molecule has 0 amide bonds. The lowest BCUT2D eigenvalue weighted by Gasteiger charge is -2.39. The second-order valence-corrected chi connectivity index (χ2v) is 5.08. The minimum absolute atomic E-state index is 0.818. The molecule has 1 heterocycles. The van der Waals surface area contributed by atoms with E-state index in [0.29, 0.717) is 0 Å². The van der Waals surface area contributed by atoms with E-state index in [2.05, 4.69) is 32.8 Å². The Balaban J connectivity index is 2.27. The number of likely N-dealkylation sites (N-methyl/N-ethyl adjacent to an activating group) is 1. The number of nitrogens with zero attached hydrogens (tertiary/aromatic N) is 2. The highest BCUT2D eigenvalue weighted by atomic mass is 15.4. The van der Waals surface area contributed by atoms with Crippen LogP contribution in [0.1, 0.15) is 13.8 Å². The highest BCUT2D eigenvalue weighted by Crippen LogP contribution is 2.08. The highest BCUT2D eigenvalue weighted by Gasteiger charge is 2.23. The quantitative estimate of drug-likeness (QED) is 0.561. The predicted octanol–water partition coefficient (Wildman–Crippen LogP) is 1.03. The zero-order chi connectivity index (χ0) is 9.19. The molecule has 1 aliphatic rings. The average Bonchev–Trinajstić information content (AvgIpc) is 1.93. The van der Waals surface area contributed by atoms with Crippen LogP contribution in [0.5, 0.6) is 0 Å². The first-order chi connectivity index (χ1) is 5.49. The molecule has 0 aromatic rings. The standard InChI is InChI=1S/C10H23N2/c1-10(2)9-11-5-7-12(3,4)8-6-11/h10H,5-9H2,1-4H3/q+1. The summed E-state index contributed by atoms with van der Waals surface area (Å²) in [5, 5.41) is 0. The molecule has 1 aliphatic heterocycles. The van der Waals surface area contributed by atoms with Gasteiger partial charge in [0.2, 0.25) is 0 Å². The minimum Gasteiger partial charge on any atom is -0.326 e. The molecule has 1 saturated heterocycles. The molecule has 12 heavy (non-hydrogen) atoms. The Labute approximate surface area is 76.7 Å². The van der Waals surface area contributed by atoms with Gasteiger partial charge in [-0.15, -0.1) is 0 Å². The third kappa shape index (κ3) is 3.11. The summed E-state index contributed by atoms with van der Waals surface area (Å²) in [6.45, 7) is 11.1. The van der Waals surface area contributed by atoms with E-state index in [1.165, 1.54) is 37.2 Å². The van der Waals surface area contributed by atoms with E-state index >= 15 is 0 Å². The fourth-order valence-corrected chi connectivity index (χ4v) is 1.75. The van der Waals surface area contributed by atoms with Gasteiger partial charge in [0.15, 0.2) is 0 Å². The lowest BCUT2D eigenvalue weighted by atomic mass is 10.2. The smallest absolute Gasteiger partial charge is 0.0912 e. The maximum absolute atomic E-state index is 2.59. The largest absolute Gasteiger partial charge is 0.326 e. The lowest BCUT2D eigenvalue weighted by molar-refractivity contribution is -0.894. The van der Waals surface area contributed by atoms with Crippen LogP contribution in [0.3, 0.4) is 0 Å². The number of hydrogen-bond donors (Lipinski definition) is 0. The molecule has 1 rings (SSSR count). The molecule has 0 unspecified atom stereocenters. The third-order valence-electron chi connectivity index (χ3n) is 2.67. The SMILES string of the molecule is CC(C)CN1CC[N+](C)(C)CC1. The first-order valence-corrected chi connectivity index (χ1v) is 5.04. The molecule has 0 atom stereocenters. The third-order valence-corrected chi connectivity index (χ3v) is 2.67. The number of rotatable bonds is 2. The predicted molar refractivity (Wildman–Crippen MR) is 53.1 cm³/mol. The van der Waals surface area contributed by atoms with Gasteiger partial charge >= 0.3 is 0 Å².